The molecule has 0 amide bonds. The zero-order valence-electron chi connectivity index (χ0n) is 15.8. The summed E-state index contributed by atoms with van der Waals surface area (Å²) < 4.78 is 2.05. The van der Waals surface area contributed by atoms with Gasteiger partial charge in [0.2, 0.25) is 0 Å². The molecule has 3 rings (SSSR count). The minimum atomic E-state index is 0. The molecular weight excluding hydrogens is 439 g/mol. The van der Waals surface area contributed by atoms with Gasteiger partial charge in [-0.2, -0.15) is 0 Å². The Hall–Kier alpha value is -1.64. The highest BCUT2D eigenvalue weighted by Gasteiger charge is 2.28. The second-order valence-corrected chi connectivity index (χ2v) is 6.66. The van der Waals surface area contributed by atoms with Gasteiger partial charge in [0.1, 0.15) is 6.33 Å². The summed E-state index contributed by atoms with van der Waals surface area (Å²) in [5.41, 5.74) is 1.45. The zero-order chi connectivity index (χ0) is 17.6. The van der Waals surface area contributed by atoms with E-state index >= 15 is 0 Å². The molecule has 2 atom stereocenters. The second kappa shape index (κ2) is 9.89. The summed E-state index contributed by atoms with van der Waals surface area (Å²) in [5, 5.41) is 11.6. The predicted molar refractivity (Wildman–Crippen MR) is 116 cm³/mol. The molecule has 2 heterocycles. The fourth-order valence-corrected chi connectivity index (χ4v) is 3.70. The first-order chi connectivity index (χ1) is 12.2. The highest BCUT2D eigenvalue weighted by molar-refractivity contribution is 14.0. The van der Waals surface area contributed by atoms with Crippen molar-refractivity contribution >= 4 is 29.9 Å². The van der Waals surface area contributed by atoms with E-state index in [2.05, 4.69) is 69.6 Å². The van der Waals surface area contributed by atoms with Crippen molar-refractivity contribution in [3.63, 3.8) is 0 Å². The molecule has 1 aromatic heterocycles. The van der Waals surface area contributed by atoms with Crippen LogP contribution in [0.2, 0.25) is 0 Å². The van der Waals surface area contributed by atoms with Gasteiger partial charge in [-0.05, 0) is 30.7 Å². The van der Waals surface area contributed by atoms with E-state index in [-0.39, 0.29) is 24.0 Å². The second-order valence-electron chi connectivity index (χ2n) is 6.66. The van der Waals surface area contributed by atoms with E-state index in [9.17, 15) is 0 Å². The number of halogens is 1. The smallest absolute Gasteiger partial charge is 0.194 e. The highest BCUT2D eigenvalue weighted by atomic mass is 127. The van der Waals surface area contributed by atoms with E-state index < -0.39 is 0 Å². The summed E-state index contributed by atoms with van der Waals surface area (Å²) in [5.74, 6) is 3.10. The highest BCUT2D eigenvalue weighted by Crippen LogP contribution is 2.32. The lowest BCUT2D eigenvalue weighted by Crippen LogP contribution is -2.47. The Morgan fingerprint density at radius 1 is 1.31 bits per heavy atom. The number of aliphatic imine (C=N–C) groups is 1. The fourth-order valence-electron chi connectivity index (χ4n) is 3.70. The van der Waals surface area contributed by atoms with Gasteiger partial charge < -0.3 is 14.8 Å². The number of piperidine rings is 1. The molecule has 1 aromatic carbocycles. The lowest BCUT2D eigenvalue weighted by Gasteiger charge is -2.38. The first-order valence-electron chi connectivity index (χ1n) is 9.10. The molecule has 26 heavy (non-hydrogen) atoms. The van der Waals surface area contributed by atoms with E-state index in [1.807, 2.05) is 11.6 Å². The Bertz CT molecular complexity index is 699. The van der Waals surface area contributed by atoms with Crippen LogP contribution in [0, 0.1) is 5.92 Å². The summed E-state index contributed by atoms with van der Waals surface area (Å²) >= 11 is 0. The average Bonchev–Trinajstić information content (AvgIpc) is 3.10. The third-order valence-corrected chi connectivity index (χ3v) is 5.09. The molecule has 0 radical (unpaired) electrons. The summed E-state index contributed by atoms with van der Waals surface area (Å²) in [6, 6.07) is 10.9. The van der Waals surface area contributed by atoms with Crippen LogP contribution in [0.3, 0.4) is 0 Å². The molecule has 0 aliphatic carbocycles. The van der Waals surface area contributed by atoms with Crippen LogP contribution in [0.15, 0.2) is 41.7 Å². The van der Waals surface area contributed by atoms with Crippen LogP contribution in [0.1, 0.15) is 37.6 Å². The lowest BCUT2D eigenvalue weighted by molar-refractivity contribution is 0.234. The third-order valence-electron chi connectivity index (χ3n) is 5.09. The average molecular weight is 468 g/mol. The molecule has 0 saturated carbocycles. The number of nitrogens with zero attached hydrogens (tertiary/aromatic N) is 5. The first kappa shape index (κ1) is 20.7. The number of rotatable bonds is 4. The molecule has 6 nitrogen and oxygen atoms in total. The molecule has 0 bridgehead atoms. The molecule has 1 saturated heterocycles. The van der Waals surface area contributed by atoms with Crippen molar-refractivity contribution in [3.05, 3.63) is 48.0 Å². The normalized spacial score (nSPS) is 20.6. The monoisotopic (exact) mass is 468 g/mol. The van der Waals surface area contributed by atoms with E-state index in [0.29, 0.717) is 18.4 Å². The zero-order valence-corrected chi connectivity index (χ0v) is 18.1. The van der Waals surface area contributed by atoms with Gasteiger partial charge in [0.05, 0.1) is 6.54 Å². The maximum atomic E-state index is 4.47. The number of aromatic nitrogens is 3. The number of hydrogen-bond acceptors (Lipinski definition) is 3. The van der Waals surface area contributed by atoms with Crippen LogP contribution < -0.4 is 5.32 Å². The maximum absolute atomic E-state index is 4.47. The van der Waals surface area contributed by atoms with Gasteiger partial charge in [-0.1, -0.05) is 37.3 Å². The number of hydrogen-bond donors (Lipinski definition) is 1. The van der Waals surface area contributed by atoms with Crippen molar-refractivity contribution in [2.45, 2.75) is 39.3 Å². The Morgan fingerprint density at radius 3 is 2.73 bits per heavy atom. The number of aryl methyl sites for hydroxylation is 1. The van der Waals surface area contributed by atoms with Gasteiger partial charge in [-0.15, -0.1) is 34.2 Å². The van der Waals surface area contributed by atoms with Gasteiger partial charge >= 0.3 is 0 Å². The van der Waals surface area contributed by atoms with Crippen LogP contribution in [-0.2, 0) is 13.1 Å². The van der Waals surface area contributed by atoms with Crippen LogP contribution in [-0.4, -0.2) is 45.8 Å². The molecule has 2 aromatic rings. The van der Waals surface area contributed by atoms with E-state index in [4.69, 9.17) is 0 Å². The van der Waals surface area contributed by atoms with Gasteiger partial charge in [0.15, 0.2) is 11.8 Å². The summed E-state index contributed by atoms with van der Waals surface area (Å²) in [7, 11) is 1.85. The van der Waals surface area contributed by atoms with Crippen LogP contribution >= 0.6 is 24.0 Å². The lowest BCUT2D eigenvalue weighted by atomic mass is 9.82. The molecule has 1 aliphatic heterocycles. The minimum Gasteiger partial charge on any atom is -0.349 e. The number of benzene rings is 1. The quantitative estimate of drug-likeness (QED) is 0.426. The van der Waals surface area contributed by atoms with E-state index in [1.54, 1.807) is 6.33 Å². The molecule has 1 aliphatic rings. The van der Waals surface area contributed by atoms with Crippen LogP contribution in [0.25, 0.3) is 0 Å². The predicted octanol–water partition coefficient (Wildman–Crippen LogP) is 3.12. The molecule has 7 heteroatoms. The number of likely N-dealkylation sites (tertiary alicyclic amines) is 1. The van der Waals surface area contributed by atoms with Crippen molar-refractivity contribution in [2.75, 3.05) is 20.1 Å². The molecule has 0 spiro atoms. The van der Waals surface area contributed by atoms with Crippen molar-refractivity contribution in [3.8, 4) is 0 Å². The van der Waals surface area contributed by atoms with Gasteiger partial charge in [-0.3, -0.25) is 4.99 Å². The third kappa shape index (κ3) is 4.75. The Labute approximate surface area is 173 Å². The van der Waals surface area contributed by atoms with E-state index in [1.165, 1.54) is 5.56 Å². The summed E-state index contributed by atoms with van der Waals surface area (Å²) in [6.07, 6.45) is 2.92. The first-order valence-corrected chi connectivity index (χ1v) is 9.10. The van der Waals surface area contributed by atoms with Crippen LogP contribution in [0.4, 0.5) is 0 Å². The van der Waals surface area contributed by atoms with Gasteiger partial charge in [-0.25, -0.2) is 0 Å². The molecular formula is C19H29IN6. The molecule has 1 fully saturated rings. The summed E-state index contributed by atoms with van der Waals surface area (Å²) in [4.78, 5) is 6.83. The van der Waals surface area contributed by atoms with Crippen LogP contribution in [0.5, 0.6) is 0 Å². The van der Waals surface area contributed by atoms with Crippen molar-refractivity contribution in [1.82, 2.24) is 25.0 Å². The topological polar surface area (TPSA) is 58.3 Å². The summed E-state index contributed by atoms with van der Waals surface area (Å²) in [6.45, 7) is 7.99. The number of nitrogens with one attached hydrogen (secondary N) is 1. The largest absolute Gasteiger partial charge is 0.349 e. The van der Waals surface area contributed by atoms with E-state index in [0.717, 1.165) is 37.8 Å². The number of guanidine groups is 1. The Balaban J connectivity index is 0.00000243. The standard InChI is InChI=1S/C19H28N6.HI/c1-4-24-14-22-23-18(24)12-21-19(20-3)25-11-10-17(15(2)13-25)16-8-6-5-7-9-16;/h5-9,14-15,17H,4,10-13H2,1-3H3,(H,20,21);1H. The fraction of sp³-hybridized carbons (Fsp3) is 0.526. The Morgan fingerprint density at radius 2 is 2.08 bits per heavy atom. The van der Waals surface area contributed by atoms with Crippen molar-refractivity contribution < 1.29 is 0 Å². The molecule has 142 valence electrons. The molecule has 1 N–H and O–H groups in total. The molecule has 2 unspecified atom stereocenters. The SMILES string of the molecule is CCn1cnnc1CNC(=NC)N1CCC(c2ccccc2)C(C)C1.I. The minimum absolute atomic E-state index is 0. The van der Waals surface area contributed by atoms with Gasteiger partial charge in [0.25, 0.3) is 0 Å². The maximum Gasteiger partial charge on any atom is 0.194 e. The van der Waals surface area contributed by atoms with Crippen molar-refractivity contribution in [2.24, 2.45) is 10.9 Å². The van der Waals surface area contributed by atoms with Gasteiger partial charge in [0, 0.05) is 26.7 Å². The Kier molecular flexibility index (Phi) is 7.86. The van der Waals surface area contributed by atoms with Crippen molar-refractivity contribution in [1.29, 1.82) is 0 Å².